The monoisotopic (exact) mass is 183 g/mol. The number of nitrogens with zero attached hydrogens (tertiary/aromatic N) is 2. The predicted octanol–water partition coefficient (Wildman–Crippen LogP) is 0.0564. The highest BCUT2D eigenvalue weighted by molar-refractivity contribution is 5.82. The van der Waals surface area contributed by atoms with Gasteiger partial charge in [0, 0.05) is 13.1 Å². The summed E-state index contributed by atoms with van der Waals surface area (Å²) in [5.74, 6) is 1.05. The molecule has 2 aliphatic heterocycles. The van der Waals surface area contributed by atoms with Crippen molar-refractivity contribution in [3.8, 4) is 0 Å². The van der Waals surface area contributed by atoms with E-state index in [1.54, 1.807) is 0 Å². The van der Waals surface area contributed by atoms with Crippen molar-refractivity contribution in [2.24, 2.45) is 4.99 Å². The molecule has 0 atom stereocenters. The fourth-order valence-corrected chi connectivity index (χ4v) is 1.82. The van der Waals surface area contributed by atoms with Crippen LogP contribution in [0.5, 0.6) is 0 Å². The highest BCUT2D eigenvalue weighted by Crippen LogP contribution is 2.19. The van der Waals surface area contributed by atoms with E-state index in [4.69, 9.17) is 4.74 Å². The van der Waals surface area contributed by atoms with Gasteiger partial charge < -0.3 is 15.0 Å². The Morgan fingerprint density at radius 1 is 1.54 bits per heavy atom. The fraction of sp³-hybridized carbons (Fsp3) is 0.889. The van der Waals surface area contributed by atoms with Gasteiger partial charge in [-0.15, -0.1) is 0 Å². The molecular formula is C9H17N3O. The molecule has 0 aromatic carbocycles. The molecule has 0 spiro atoms. The van der Waals surface area contributed by atoms with Gasteiger partial charge in [-0.1, -0.05) is 0 Å². The smallest absolute Gasteiger partial charge is 0.194 e. The first-order chi connectivity index (χ1) is 6.20. The van der Waals surface area contributed by atoms with E-state index in [9.17, 15) is 0 Å². The van der Waals surface area contributed by atoms with E-state index in [-0.39, 0.29) is 5.54 Å². The SMILES string of the molecule is CC1(C)COCCN1C1=NCCN1. The minimum atomic E-state index is 0.0778. The van der Waals surface area contributed by atoms with Gasteiger partial charge in [0.2, 0.25) is 0 Å². The Balaban J connectivity index is 2.11. The molecule has 0 amide bonds. The molecule has 2 rings (SSSR count). The highest BCUT2D eigenvalue weighted by atomic mass is 16.5. The second-order valence-corrected chi connectivity index (χ2v) is 4.15. The molecule has 0 aliphatic carbocycles. The molecule has 13 heavy (non-hydrogen) atoms. The van der Waals surface area contributed by atoms with Crippen molar-refractivity contribution in [2.75, 3.05) is 32.8 Å². The zero-order valence-corrected chi connectivity index (χ0v) is 8.34. The van der Waals surface area contributed by atoms with Crippen molar-refractivity contribution < 1.29 is 4.74 Å². The van der Waals surface area contributed by atoms with Crippen molar-refractivity contribution in [3.05, 3.63) is 0 Å². The molecule has 1 saturated heterocycles. The quantitative estimate of drug-likeness (QED) is 0.577. The molecule has 74 valence electrons. The van der Waals surface area contributed by atoms with E-state index in [0.717, 1.165) is 38.8 Å². The van der Waals surface area contributed by atoms with Gasteiger partial charge in [-0.2, -0.15) is 0 Å². The average molecular weight is 183 g/mol. The third kappa shape index (κ3) is 1.63. The number of ether oxygens (including phenoxy) is 1. The highest BCUT2D eigenvalue weighted by Gasteiger charge is 2.33. The third-order valence-corrected chi connectivity index (χ3v) is 2.56. The number of guanidine groups is 1. The number of rotatable bonds is 0. The average Bonchev–Trinajstić information content (AvgIpc) is 2.55. The van der Waals surface area contributed by atoms with Crippen molar-refractivity contribution in [2.45, 2.75) is 19.4 Å². The Hall–Kier alpha value is -0.770. The minimum Gasteiger partial charge on any atom is -0.377 e. The molecule has 0 unspecified atom stereocenters. The maximum absolute atomic E-state index is 5.45. The predicted molar refractivity (Wildman–Crippen MR) is 51.9 cm³/mol. The van der Waals surface area contributed by atoms with Crippen LogP contribution >= 0.6 is 0 Å². The molecule has 0 aromatic rings. The van der Waals surface area contributed by atoms with Crippen LogP contribution in [0.25, 0.3) is 0 Å². The number of nitrogens with one attached hydrogen (secondary N) is 1. The van der Waals surface area contributed by atoms with Crippen LogP contribution in [-0.2, 0) is 4.74 Å². The summed E-state index contributed by atoms with van der Waals surface area (Å²) in [7, 11) is 0. The topological polar surface area (TPSA) is 36.9 Å². The Morgan fingerprint density at radius 3 is 3.00 bits per heavy atom. The molecule has 4 heteroatoms. The maximum atomic E-state index is 5.45. The number of morpholine rings is 1. The summed E-state index contributed by atoms with van der Waals surface area (Å²) in [5, 5.41) is 3.30. The number of hydrogen-bond donors (Lipinski definition) is 1. The van der Waals surface area contributed by atoms with Crippen LogP contribution < -0.4 is 5.32 Å². The second-order valence-electron chi connectivity index (χ2n) is 4.15. The van der Waals surface area contributed by atoms with Gasteiger partial charge in [-0.3, -0.25) is 4.99 Å². The lowest BCUT2D eigenvalue weighted by Gasteiger charge is -2.43. The zero-order chi connectivity index (χ0) is 9.31. The van der Waals surface area contributed by atoms with Gasteiger partial charge in [0.05, 0.1) is 25.3 Å². The van der Waals surface area contributed by atoms with Gasteiger partial charge in [0.25, 0.3) is 0 Å². The summed E-state index contributed by atoms with van der Waals surface area (Å²) in [6, 6.07) is 0. The Labute approximate surface area is 79.0 Å². The molecule has 4 nitrogen and oxygen atoms in total. The summed E-state index contributed by atoms with van der Waals surface area (Å²) >= 11 is 0. The van der Waals surface area contributed by atoms with Crippen LogP contribution in [0, 0.1) is 0 Å². The first-order valence-corrected chi connectivity index (χ1v) is 4.84. The van der Waals surface area contributed by atoms with Crippen molar-refractivity contribution in [3.63, 3.8) is 0 Å². The van der Waals surface area contributed by atoms with Crippen LogP contribution in [0.4, 0.5) is 0 Å². The number of hydrogen-bond acceptors (Lipinski definition) is 4. The number of aliphatic imine (C=N–C) groups is 1. The van der Waals surface area contributed by atoms with Gasteiger partial charge >= 0.3 is 0 Å². The molecule has 0 bridgehead atoms. The Bertz CT molecular complexity index is 225. The van der Waals surface area contributed by atoms with Gasteiger partial charge in [-0.25, -0.2) is 0 Å². The third-order valence-electron chi connectivity index (χ3n) is 2.56. The minimum absolute atomic E-state index is 0.0778. The van der Waals surface area contributed by atoms with Crippen molar-refractivity contribution >= 4 is 5.96 Å². The van der Waals surface area contributed by atoms with Gasteiger partial charge in [0.15, 0.2) is 5.96 Å². The Kier molecular flexibility index (Phi) is 2.15. The lowest BCUT2D eigenvalue weighted by atomic mass is 10.0. The lowest BCUT2D eigenvalue weighted by molar-refractivity contribution is -0.0162. The van der Waals surface area contributed by atoms with Crippen LogP contribution in [0.2, 0.25) is 0 Å². The van der Waals surface area contributed by atoms with Crippen LogP contribution in [-0.4, -0.2) is 49.2 Å². The second kappa shape index (κ2) is 3.18. The molecule has 0 radical (unpaired) electrons. The first kappa shape index (κ1) is 8.81. The normalized spacial score (nSPS) is 26.9. The van der Waals surface area contributed by atoms with Crippen molar-refractivity contribution in [1.82, 2.24) is 10.2 Å². The zero-order valence-electron chi connectivity index (χ0n) is 8.34. The van der Waals surface area contributed by atoms with Crippen LogP contribution in [0.1, 0.15) is 13.8 Å². The lowest BCUT2D eigenvalue weighted by Crippen LogP contribution is -2.58. The van der Waals surface area contributed by atoms with E-state index >= 15 is 0 Å². The molecule has 1 fully saturated rings. The molecular weight excluding hydrogens is 166 g/mol. The van der Waals surface area contributed by atoms with E-state index < -0.39 is 0 Å². The fourth-order valence-electron chi connectivity index (χ4n) is 1.82. The molecule has 1 N–H and O–H groups in total. The van der Waals surface area contributed by atoms with Crippen LogP contribution in [0.15, 0.2) is 4.99 Å². The van der Waals surface area contributed by atoms with Crippen molar-refractivity contribution in [1.29, 1.82) is 0 Å². The maximum Gasteiger partial charge on any atom is 0.194 e. The molecule has 0 saturated carbocycles. The summed E-state index contributed by atoms with van der Waals surface area (Å²) in [5.41, 5.74) is 0.0778. The molecule has 2 heterocycles. The van der Waals surface area contributed by atoms with E-state index in [2.05, 4.69) is 29.1 Å². The standard InChI is InChI=1S/C9H17N3O/c1-9(2)7-13-6-5-12(9)8-10-3-4-11-8/h3-7H2,1-2H3,(H,10,11). The van der Waals surface area contributed by atoms with Gasteiger partial charge in [0.1, 0.15) is 0 Å². The van der Waals surface area contributed by atoms with Crippen LogP contribution in [0.3, 0.4) is 0 Å². The summed E-state index contributed by atoms with van der Waals surface area (Å²) in [6.07, 6.45) is 0. The van der Waals surface area contributed by atoms with E-state index in [1.807, 2.05) is 0 Å². The Morgan fingerprint density at radius 2 is 2.38 bits per heavy atom. The summed E-state index contributed by atoms with van der Waals surface area (Å²) < 4.78 is 5.45. The largest absolute Gasteiger partial charge is 0.377 e. The van der Waals surface area contributed by atoms with E-state index in [1.165, 1.54) is 0 Å². The molecule has 0 aromatic heterocycles. The van der Waals surface area contributed by atoms with Gasteiger partial charge in [-0.05, 0) is 13.8 Å². The van der Waals surface area contributed by atoms with E-state index in [0.29, 0.717) is 0 Å². The molecule has 2 aliphatic rings. The summed E-state index contributed by atoms with van der Waals surface area (Å²) in [6.45, 7) is 8.80. The summed E-state index contributed by atoms with van der Waals surface area (Å²) in [4.78, 5) is 6.74. The first-order valence-electron chi connectivity index (χ1n) is 4.84.